The molecule has 0 fully saturated rings. The Labute approximate surface area is 106 Å². The van der Waals surface area contributed by atoms with Crippen LogP contribution >= 0.6 is 0 Å². The van der Waals surface area contributed by atoms with E-state index in [2.05, 4.69) is 5.32 Å². The summed E-state index contributed by atoms with van der Waals surface area (Å²) in [6, 6.07) is 4.54. The van der Waals surface area contributed by atoms with Crippen molar-refractivity contribution in [2.75, 3.05) is 20.3 Å². The molecule has 0 atom stereocenters. The summed E-state index contributed by atoms with van der Waals surface area (Å²) in [5.41, 5.74) is 0.818. The number of methoxy groups -OCH3 is 1. The third-order valence-corrected chi connectivity index (χ3v) is 2.55. The van der Waals surface area contributed by atoms with Crippen molar-refractivity contribution in [2.45, 2.75) is 19.4 Å². The third kappa shape index (κ3) is 4.31. The van der Waals surface area contributed by atoms with Gasteiger partial charge in [0.2, 0.25) is 0 Å². The van der Waals surface area contributed by atoms with E-state index in [4.69, 9.17) is 9.84 Å². The first-order valence-electron chi connectivity index (χ1n) is 5.82. The lowest BCUT2D eigenvalue weighted by molar-refractivity contribution is -0.384. The molecule has 0 saturated heterocycles. The van der Waals surface area contributed by atoms with Gasteiger partial charge in [0.05, 0.1) is 12.0 Å². The van der Waals surface area contributed by atoms with Crippen LogP contribution in [0.3, 0.4) is 0 Å². The number of rotatable bonds is 8. The first kappa shape index (κ1) is 14.4. The summed E-state index contributed by atoms with van der Waals surface area (Å²) in [5.74, 6) is 0.634. The molecule has 1 rings (SSSR count). The minimum atomic E-state index is -0.422. The minimum absolute atomic E-state index is 0.0583. The highest BCUT2D eigenvalue weighted by Crippen LogP contribution is 2.23. The zero-order valence-corrected chi connectivity index (χ0v) is 10.4. The number of aliphatic hydroxyl groups excluding tert-OH is 1. The molecule has 18 heavy (non-hydrogen) atoms. The molecule has 6 heteroatoms. The Balaban J connectivity index is 2.61. The fraction of sp³-hybridized carbons (Fsp3) is 0.500. The average molecular weight is 254 g/mol. The molecular weight excluding hydrogens is 236 g/mol. The molecule has 0 saturated carbocycles. The molecule has 0 spiro atoms. The van der Waals surface area contributed by atoms with E-state index < -0.39 is 4.92 Å². The molecular formula is C12H18N2O4. The van der Waals surface area contributed by atoms with E-state index in [-0.39, 0.29) is 12.3 Å². The van der Waals surface area contributed by atoms with Crippen LogP contribution in [0.1, 0.15) is 18.4 Å². The van der Waals surface area contributed by atoms with Crippen LogP contribution in [0.2, 0.25) is 0 Å². The first-order valence-corrected chi connectivity index (χ1v) is 5.82. The summed E-state index contributed by atoms with van der Waals surface area (Å²) in [4.78, 5) is 10.3. The molecule has 0 aliphatic carbocycles. The molecule has 2 N–H and O–H groups in total. The topological polar surface area (TPSA) is 84.6 Å². The fourth-order valence-corrected chi connectivity index (χ4v) is 1.60. The largest absolute Gasteiger partial charge is 0.496 e. The van der Waals surface area contributed by atoms with Crippen molar-refractivity contribution in [3.05, 3.63) is 33.9 Å². The Bertz CT molecular complexity index is 396. The minimum Gasteiger partial charge on any atom is -0.496 e. The van der Waals surface area contributed by atoms with Crippen molar-refractivity contribution >= 4 is 5.69 Å². The molecule has 6 nitrogen and oxygen atoms in total. The van der Waals surface area contributed by atoms with E-state index >= 15 is 0 Å². The van der Waals surface area contributed by atoms with Crippen molar-refractivity contribution in [3.8, 4) is 5.75 Å². The van der Waals surface area contributed by atoms with Crippen molar-refractivity contribution in [2.24, 2.45) is 0 Å². The number of hydrogen-bond donors (Lipinski definition) is 2. The van der Waals surface area contributed by atoms with Crippen LogP contribution < -0.4 is 10.1 Å². The third-order valence-electron chi connectivity index (χ3n) is 2.55. The van der Waals surface area contributed by atoms with E-state index in [1.807, 2.05) is 0 Å². The van der Waals surface area contributed by atoms with Crippen molar-refractivity contribution < 1.29 is 14.8 Å². The van der Waals surface area contributed by atoms with Crippen LogP contribution in [0.5, 0.6) is 5.75 Å². The molecule has 0 aliphatic rings. The van der Waals surface area contributed by atoms with Crippen LogP contribution in [0.15, 0.2) is 18.2 Å². The summed E-state index contributed by atoms with van der Waals surface area (Å²) in [6.45, 7) is 1.45. The van der Waals surface area contributed by atoms with Gasteiger partial charge in [-0.1, -0.05) is 0 Å². The van der Waals surface area contributed by atoms with Gasteiger partial charge in [0.15, 0.2) is 0 Å². The Morgan fingerprint density at radius 2 is 2.22 bits per heavy atom. The SMILES string of the molecule is COc1ccc([N+](=O)[O-])cc1CNCCCCO. The maximum atomic E-state index is 10.7. The van der Waals surface area contributed by atoms with Gasteiger partial charge in [0.1, 0.15) is 5.75 Å². The van der Waals surface area contributed by atoms with Gasteiger partial charge in [-0.3, -0.25) is 10.1 Å². The van der Waals surface area contributed by atoms with Crippen LogP contribution in [0, 0.1) is 10.1 Å². The first-order chi connectivity index (χ1) is 8.69. The van der Waals surface area contributed by atoms with E-state index in [0.717, 1.165) is 24.9 Å². The standard InChI is InChI=1S/C12H18N2O4/c1-18-12-5-4-11(14(16)17)8-10(12)9-13-6-2-3-7-15/h4-5,8,13,15H,2-3,6-7,9H2,1H3. The average Bonchev–Trinajstić information content (AvgIpc) is 2.38. The molecule has 0 aromatic heterocycles. The van der Waals surface area contributed by atoms with Gasteiger partial charge >= 0.3 is 0 Å². The molecule has 100 valence electrons. The predicted octanol–water partition coefficient (Wildman–Crippen LogP) is 1.47. The van der Waals surface area contributed by atoms with Gasteiger partial charge in [-0.15, -0.1) is 0 Å². The highest BCUT2D eigenvalue weighted by atomic mass is 16.6. The molecule has 0 bridgehead atoms. The van der Waals surface area contributed by atoms with Gasteiger partial charge in [-0.05, 0) is 25.5 Å². The van der Waals surface area contributed by atoms with Crippen molar-refractivity contribution in [1.29, 1.82) is 0 Å². The van der Waals surface area contributed by atoms with Crippen LogP contribution in [0.25, 0.3) is 0 Å². The summed E-state index contributed by atoms with van der Waals surface area (Å²) in [7, 11) is 1.54. The number of nitrogens with one attached hydrogen (secondary N) is 1. The zero-order valence-electron chi connectivity index (χ0n) is 10.4. The van der Waals surface area contributed by atoms with Crippen molar-refractivity contribution in [1.82, 2.24) is 5.32 Å². The molecule has 0 amide bonds. The highest BCUT2D eigenvalue weighted by Gasteiger charge is 2.10. The Morgan fingerprint density at radius 1 is 1.44 bits per heavy atom. The van der Waals surface area contributed by atoms with Crippen LogP contribution in [-0.2, 0) is 6.54 Å². The van der Waals surface area contributed by atoms with Crippen LogP contribution in [0.4, 0.5) is 5.69 Å². The van der Waals surface area contributed by atoms with Crippen molar-refractivity contribution in [3.63, 3.8) is 0 Å². The number of hydrogen-bond acceptors (Lipinski definition) is 5. The van der Waals surface area contributed by atoms with E-state index in [0.29, 0.717) is 12.3 Å². The Hall–Kier alpha value is -1.66. The number of nitro groups is 1. The van der Waals surface area contributed by atoms with E-state index in [9.17, 15) is 10.1 Å². The summed E-state index contributed by atoms with van der Waals surface area (Å²) < 4.78 is 5.16. The lowest BCUT2D eigenvalue weighted by atomic mass is 10.1. The van der Waals surface area contributed by atoms with E-state index in [1.165, 1.54) is 19.2 Å². The molecule has 0 radical (unpaired) electrons. The molecule has 0 unspecified atom stereocenters. The summed E-state index contributed by atoms with van der Waals surface area (Å²) >= 11 is 0. The second-order valence-electron chi connectivity index (χ2n) is 3.86. The monoisotopic (exact) mass is 254 g/mol. The maximum Gasteiger partial charge on any atom is 0.270 e. The normalized spacial score (nSPS) is 10.3. The summed E-state index contributed by atoms with van der Waals surface area (Å²) in [5, 5.41) is 22.5. The fourth-order valence-electron chi connectivity index (χ4n) is 1.60. The van der Waals surface area contributed by atoms with Gasteiger partial charge in [-0.2, -0.15) is 0 Å². The number of nitro benzene ring substituents is 1. The molecule has 0 heterocycles. The smallest absolute Gasteiger partial charge is 0.270 e. The number of nitrogens with zero attached hydrogens (tertiary/aromatic N) is 1. The zero-order chi connectivity index (χ0) is 13.4. The lowest BCUT2D eigenvalue weighted by Crippen LogP contribution is -2.15. The van der Waals surface area contributed by atoms with Crippen LogP contribution in [-0.4, -0.2) is 30.3 Å². The second kappa shape index (κ2) is 7.62. The molecule has 0 aliphatic heterocycles. The van der Waals surface area contributed by atoms with Gasteiger partial charge < -0.3 is 15.2 Å². The Morgan fingerprint density at radius 3 is 2.83 bits per heavy atom. The number of aliphatic hydroxyl groups is 1. The molecule has 1 aromatic carbocycles. The Kier molecular flexibility index (Phi) is 6.10. The molecule has 1 aromatic rings. The maximum absolute atomic E-state index is 10.7. The predicted molar refractivity (Wildman–Crippen MR) is 67.7 cm³/mol. The second-order valence-corrected chi connectivity index (χ2v) is 3.86. The van der Waals surface area contributed by atoms with Gasteiger partial charge in [0, 0.05) is 30.8 Å². The lowest BCUT2D eigenvalue weighted by Gasteiger charge is -2.09. The highest BCUT2D eigenvalue weighted by molar-refractivity contribution is 5.43. The van der Waals surface area contributed by atoms with Gasteiger partial charge in [0.25, 0.3) is 5.69 Å². The summed E-state index contributed by atoms with van der Waals surface area (Å²) in [6.07, 6.45) is 1.62. The number of unbranched alkanes of at least 4 members (excludes halogenated alkanes) is 1. The van der Waals surface area contributed by atoms with Gasteiger partial charge in [-0.25, -0.2) is 0 Å². The number of ether oxygens (including phenoxy) is 1. The van der Waals surface area contributed by atoms with E-state index in [1.54, 1.807) is 6.07 Å². The number of benzene rings is 1. The number of non-ortho nitro benzene ring substituents is 1. The quantitative estimate of drug-likeness (QED) is 0.417.